The van der Waals surface area contributed by atoms with E-state index in [1.807, 2.05) is 0 Å². The molecule has 0 atom stereocenters. The van der Waals surface area contributed by atoms with Gasteiger partial charge in [0.2, 0.25) is 5.89 Å². The monoisotopic (exact) mass is 252 g/mol. The van der Waals surface area contributed by atoms with Crippen LogP contribution in [0.4, 0.5) is 13.2 Å². The number of ketones is 1. The zero-order chi connectivity index (χ0) is 12.9. The summed E-state index contributed by atoms with van der Waals surface area (Å²) in [5.41, 5.74) is 0. The third-order valence-electron chi connectivity index (χ3n) is 1.70. The Balaban J connectivity index is 2.33. The van der Waals surface area contributed by atoms with E-state index in [1.54, 1.807) is 0 Å². The Morgan fingerprint density at radius 3 is 2.76 bits per heavy atom. The minimum absolute atomic E-state index is 0.0296. The molecule has 0 spiro atoms. The van der Waals surface area contributed by atoms with Crippen LogP contribution in [0.25, 0.3) is 0 Å². The van der Waals surface area contributed by atoms with E-state index in [-0.39, 0.29) is 36.9 Å². The van der Waals surface area contributed by atoms with Crippen LogP contribution in [0.2, 0.25) is 0 Å². The van der Waals surface area contributed by atoms with Gasteiger partial charge in [0.25, 0.3) is 0 Å². The molecule has 1 heterocycles. The third-order valence-corrected chi connectivity index (χ3v) is 1.70. The molecule has 17 heavy (non-hydrogen) atoms. The van der Waals surface area contributed by atoms with Crippen molar-refractivity contribution >= 4 is 5.78 Å². The van der Waals surface area contributed by atoms with Crippen molar-refractivity contribution in [3.8, 4) is 0 Å². The molecule has 0 aliphatic heterocycles. The molecule has 1 aromatic heterocycles. The molecular formula is C9H11F3N2O3. The molecule has 0 saturated heterocycles. The first-order valence-corrected chi connectivity index (χ1v) is 4.82. The van der Waals surface area contributed by atoms with Gasteiger partial charge in [0.05, 0.1) is 0 Å². The van der Waals surface area contributed by atoms with Crippen molar-refractivity contribution in [2.24, 2.45) is 0 Å². The molecule has 1 rings (SSSR count). The lowest BCUT2D eigenvalue weighted by atomic mass is 10.2. The molecule has 0 fully saturated rings. The second kappa shape index (κ2) is 5.76. The molecule has 5 nitrogen and oxygen atoms in total. The lowest BCUT2D eigenvalue weighted by Crippen LogP contribution is -2.16. The van der Waals surface area contributed by atoms with Crippen molar-refractivity contribution in [3.05, 3.63) is 11.7 Å². The average molecular weight is 252 g/mol. The summed E-state index contributed by atoms with van der Waals surface area (Å²) < 4.78 is 44.3. The van der Waals surface area contributed by atoms with Crippen LogP contribution in [0.5, 0.6) is 0 Å². The van der Waals surface area contributed by atoms with Crippen LogP contribution in [-0.2, 0) is 22.6 Å². The van der Waals surface area contributed by atoms with Gasteiger partial charge in [-0.25, -0.2) is 0 Å². The van der Waals surface area contributed by atoms with Crippen molar-refractivity contribution < 1.29 is 27.2 Å². The van der Waals surface area contributed by atoms with E-state index in [4.69, 9.17) is 4.52 Å². The number of alkyl halides is 3. The van der Waals surface area contributed by atoms with Gasteiger partial charge in [-0.2, -0.15) is 18.2 Å². The van der Waals surface area contributed by atoms with E-state index in [2.05, 4.69) is 14.9 Å². The first-order chi connectivity index (χ1) is 7.87. The van der Waals surface area contributed by atoms with Gasteiger partial charge >= 0.3 is 6.18 Å². The molecule has 0 amide bonds. The molecule has 0 saturated carbocycles. The maximum Gasteiger partial charge on any atom is 0.411 e. The highest BCUT2D eigenvalue weighted by atomic mass is 19.4. The molecule has 1 aromatic rings. The fourth-order valence-electron chi connectivity index (χ4n) is 0.991. The number of hydrogen-bond acceptors (Lipinski definition) is 5. The highest BCUT2D eigenvalue weighted by Gasteiger charge is 2.27. The lowest BCUT2D eigenvalue weighted by molar-refractivity contribution is -0.177. The maximum atomic E-state index is 11.7. The van der Waals surface area contributed by atoms with Crippen molar-refractivity contribution in [1.82, 2.24) is 10.1 Å². The number of halogens is 3. The molecular weight excluding hydrogens is 241 g/mol. The zero-order valence-corrected chi connectivity index (χ0v) is 9.08. The second-order valence-corrected chi connectivity index (χ2v) is 3.41. The van der Waals surface area contributed by atoms with Crippen LogP contribution in [0.1, 0.15) is 25.1 Å². The van der Waals surface area contributed by atoms with E-state index >= 15 is 0 Å². The number of hydrogen-bond donors (Lipinski definition) is 0. The van der Waals surface area contributed by atoms with Crippen molar-refractivity contribution in [2.75, 3.05) is 6.61 Å². The highest BCUT2D eigenvalue weighted by Crippen LogP contribution is 2.15. The number of carbonyl (C=O) groups excluding carboxylic acids is 1. The largest absolute Gasteiger partial charge is 0.411 e. The van der Waals surface area contributed by atoms with Crippen LogP contribution < -0.4 is 0 Å². The quantitative estimate of drug-likeness (QED) is 0.770. The molecule has 8 heteroatoms. The highest BCUT2D eigenvalue weighted by molar-refractivity contribution is 5.75. The molecule has 0 unspecified atom stereocenters. The van der Waals surface area contributed by atoms with Gasteiger partial charge in [-0.1, -0.05) is 5.16 Å². The summed E-state index contributed by atoms with van der Waals surface area (Å²) in [5, 5.41) is 3.42. The summed E-state index contributed by atoms with van der Waals surface area (Å²) in [6.45, 7) is -0.308. The fraction of sp³-hybridized carbons (Fsp3) is 0.667. The van der Waals surface area contributed by atoms with Gasteiger partial charge in [-0.05, 0) is 6.92 Å². The summed E-state index contributed by atoms with van der Waals surface area (Å²) >= 11 is 0. The van der Waals surface area contributed by atoms with E-state index < -0.39 is 12.8 Å². The van der Waals surface area contributed by atoms with E-state index in [0.717, 1.165) is 0 Å². The minimum atomic E-state index is -4.37. The van der Waals surface area contributed by atoms with Crippen LogP contribution in [0.3, 0.4) is 0 Å². The van der Waals surface area contributed by atoms with E-state index in [9.17, 15) is 18.0 Å². The van der Waals surface area contributed by atoms with E-state index in [0.29, 0.717) is 0 Å². The Hall–Kier alpha value is -1.44. The number of aromatic nitrogens is 2. The topological polar surface area (TPSA) is 65.2 Å². The Bertz CT molecular complexity index is 376. The standard InChI is InChI=1S/C9H11F3N2O3/c1-6(15)2-3-8-13-7(14-17-8)4-16-5-9(10,11)12/h2-5H2,1H3. The maximum absolute atomic E-state index is 11.7. The summed E-state index contributed by atoms with van der Waals surface area (Å²) in [6, 6.07) is 0. The molecule has 0 aromatic carbocycles. The van der Waals surface area contributed by atoms with Crippen molar-refractivity contribution in [3.63, 3.8) is 0 Å². The third kappa shape index (κ3) is 6.00. The first-order valence-electron chi connectivity index (χ1n) is 4.82. The van der Waals surface area contributed by atoms with Crippen LogP contribution in [-0.4, -0.2) is 28.7 Å². The summed E-state index contributed by atoms with van der Waals surface area (Å²) in [5.74, 6) is 0.219. The zero-order valence-electron chi connectivity index (χ0n) is 9.08. The van der Waals surface area contributed by atoms with Crippen molar-refractivity contribution in [2.45, 2.75) is 32.5 Å². The number of aryl methyl sites for hydroxylation is 1. The Morgan fingerprint density at radius 2 is 2.18 bits per heavy atom. The smallest absolute Gasteiger partial charge is 0.364 e. The van der Waals surface area contributed by atoms with E-state index in [1.165, 1.54) is 6.92 Å². The lowest BCUT2D eigenvalue weighted by Gasteiger charge is -2.04. The number of rotatable bonds is 6. The number of nitrogens with zero attached hydrogens (tertiary/aromatic N) is 2. The molecule has 0 radical (unpaired) electrons. The van der Waals surface area contributed by atoms with Gasteiger partial charge in [-0.15, -0.1) is 0 Å². The minimum Gasteiger partial charge on any atom is -0.364 e. The summed E-state index contributed by atoms with van der Waals surface area (Å²) in [4.78, 5) is 14.4. The Morgan fingerprint density at radius 1 is 1.47 bits per heavy atom. The Kier molecular flexibility index (Phi) is 4.62. The summed E-state index contributed by atoms with van der Waals surface area (Å²) in [6.07, 6.45) is -3.84. The fourth-order valence-corrected chi connectivity index (χ4v) is 0.991. The SMILES string of the molecule is CC(=O)CCc1nc(COCC(F)(F)F)no1. The van der Waals surface area contributed by atoms with Crippen LogP contribution in [0.15, 0.2) is 4.52 Å². The molecule has 0 bridgehead atoms. The van der Waals surface area contributed by atoms with Crippen LogP contribution >= 0.6 is 0 Å². The molecule has 0 N–H and O–H groups in total. The second-order valence-electron chi connectivity index (χ2n) is 3.41. The Labute approximate surface area is 94.9 Å². The average Bonchev–Trinajstić information content (AvgIpc) is 2.61. The van der Waals surface area contributed by atoms with Gasteiger partial charge in [0.15, 0.2) is 5.82 Å². The number of Topliss-reactive ketones (excluding diaryl/α,β-unsaturated/α-hetero) is 1. The van der Waals surface area contributed by atoms with Gasteiger partial charge in [-0.3, -0.25) is 0 Å². The normalized spacial score (nSPS) is 11.8. The number of carbonyl (C=O) groups is 1. The van der Waals surface area contributed by atoms with Gasteiger partial charge < -0.3 is 14.1 Å². The molecule has 0 aliphatic rings. The van der Waals surface area contributed by atoms with Crippen LogP contribution in [0, 0.1) is 0 Å². The predicted octanol–water partition coefficient (Wildman–Crippen LogP) is 1.67. The van der Waals surface area contributed by atoms with Gasteiger partial charge in [0.1, 0.15) is 19.0 Å². The van der Waals surface area contributed by atoms with Crippen molar-refractivity contribution in [1.29, 1.82) is 0 Å². The van der Waals surface area contributed by atoms with Gasteiger partial charge in [0, 0.05) is 12.8 Å². The molecule has 96 valence electrons. The first kappa shape index (κ1) is 13.6. The molecule has 0 aliphatic carbocycles. The predicted molar refractivity (Wildman–Crippen MR) is 49.0 cm³/mol. The summed E-state index contributed by atoms with van der Waals surface area (Å²) in [7, 11) is 0. The number of ether oxygens (including phenoxy) is 1.